The van der Waals surface area contributed by atoms with Gasteiger partial charge in [0.05, 0.1) is 43.3 Å². The van der Waals surface area contributed by atoms with Crippen molar-refractivity contribution in [2.75, 3.05) is 52.3 Å². The summed E-state index contributed by atoms with van der Waals surface area (Å²) >= 11 is 0. The van der Waals surface area contributed by atoms with Gasteiger partial charge in [-0.15, -0.1) is 0 Å². The number of methoxy groups -OCH3 is 2. The zero-order chi connectivity index (χ0) is 25.5. The van der Waals surface area contributed by atoms with Gasteiger partial charge in [0.2, 0.25) is 0 Å². The van der Waals surface area contributed by atoms with Gasteiger partial charge in [-0.3, -0.25) is 14.6 Å². The number of aromatic nitrogens is 4. The lowest BCUT2D eigenvalue weighted by Gasteiger charge is -2.34. The highest BCUT2D eigenvalue weighted by molar-refractivity contribution is 5.82. The molecule has 0 unspecified atom stereocenters. The number of rotatable bonds is 8. The number of nitrogens with zero attached hydrogens (tertiary/aromatic N) is 7. The molecule has 2 aromatic carbocycles. The first-order valence-electron chi connectivity index (χ1n) is 12.7. The van der Waals surface area contributed by atoms with E-state index in [1.165, 1.54) is 6.42 Å². The molecule has 0 spiro atoms. The third-order valence-electron chi connectivity index (χ3n) is 7.72. The molecule has 9 nitrogen and oxygen atoms in total. The molecule has 2 aliphatic heterocycles. The molecule has 0 saturated carbocycles. The maximum atomic E-state index is 5.60. The maximum Gasteiger partial charge on any atom is 0.124 e. The molecule has 0 radical (unpaired) electrons. The summed E-state index contributed by atoms with van der Waals surface area (Å²) in [6.45, 7) is 4.10. The molecule has 4 aromatic rings. The van der Waals surface area contributed by atoms with Crippen LogP contribution in [0.5, 0.6) is 11.5 Å². The fraction of sp³-hybridized carbons (Fsp3) is 0.393. The molecule has 2 aliphatic rings. The number of likely N-dealkylation sites (tertiary alicyclic amines) is 2. The van der Waals surface area contributed by atoms with Crippen LogP contribution in [0.1, 0.15) is 6.42 Å². The van der Waals surface area contributed by atoms with E-state index in [2.05, 4.69) is 56.1 Å². The topological polar surface area (TPSA) is 71.8 Å². The van der Waals surface area contributed by atoms with Crippen LogP contribution >= 0.6 is 0 Å². The highest BCUT2D eigenvalue weighted by Gasteiger charge is 2.41. The molecule has 2 saturated heterocycles. The van der Waals surface area contributed by atoms with Crippen molar-refractivity contribution in [3.63, 3.8) is 0 Å². The number of hydrogen-bond acceptors (Lipinski definition) is 8. The van der Waals surface area contributed by atoms with Gasteiger partial charge in [-0.25, -0.2) is 4.98 Å². The number of likely N-dealkylation sites (N-methyl/N-ethyl adjacent to an activating group) is 1. The summed E-state index contributed by atoms with van der Waals surface area (Å²) < 4.78 is 13.0. The van der Waals surface area contributed by atoms with Crippen molar-refractivity contribution in [1.29, 1.82) is 0 Å². The molecule has 37 heavy (non-hydrogen) atoms. The monoisotopic (exact) mass is 499 g/mol. The van der Waals surface area contributed by atoms with Gasteiger partial charge in [0.1, 0.15) is 11.5 Å². The smallest absolute Gasteiger partial charge is 0.124 e. The molecular weight excluding hydrogens is 466 g/mol. The van der Waals surface area contributed by atoms with E-state index < -0.39 is 0 Å². The normalized spacial score (nSPS) is 19.6. The highest BCUT2D eigenvalue weighted by Crippen LogP contribution is 2.35. The van der Waals surface area contributed by atoms with Crippen LogP contribution < -0.4 is 14.4 Å². The van der Waals surface area contributed by atoms with Gasteiger partial charge < -0.3 is 19.3 Å². The van der Waals surface area contributed by atoms with Gasteiger partial charge in [-0.2, -0.15) is 5.10 Å². The fourth-order valence-electron chi connectivity index (χ4n) is 5.67. The summed E-state index contributed by atoms with van der Waals surface area (Å²) in [5.74, 6) is 1.53. The lowest BCUT2D eigenvalue weighted by Crippen LogP contribution is -2.46. The lowest BCUT2D eigenvalue weighted by atomic mass is 10.2. The van der Waals surface area contributed by atoms with Crippen molar-refractivity contribution < 1.29 is 9.47 Å². The Bertz CT molecular complexity index is 1400. The number of aryl methyl sites for hydroxylation is 1. The van der Waals surface area contributed by atoms with Crippen molar-refractivity contribution >= 4 is 22.4 Å². The molecule has 2 atom stereocenters. The standard InChI is InChI=1S/C28H33N7O2/c1-32-17-23-9-22(32)18-34(23)7-8-35(21-10-24(36-3)13-25(11-21)37-4)20-5-6-26-27(12-20)31-28(15-29-26)19-14-30-33(2)16-19/h5-6,10-16,22-23H,7-9,17-18H2,1-4H3/t22-,23-/m0/s1. The third kappa shape index (κ3) is 4.60. The minimum absolute atomic E-state index is 0.640. The van der Waals surface area contributed by atoms with Crippen molar-refractivity contribution in [1.82, 2.24) is 29.5 Å². The first-order valence-corrected chi connectivity index (χ1v) is 12.7. The second kappa shape index (κ2) is 9.64. The Kier molecular flexibility index (Phi) is 6.18. The third-order valence-corrected chi connectivity index (χ3v) is 7.72. The molecule has 0 N–H and O–H groups in total. The average molecular weight is 500 g/mol. The summed E-state index contributed by atoms with van der Waals surface area (Å²) in [5.41, 5.74) is 5.55. The second-order valence-corrected chi connectivity index (χ2v) is 10.0. The van der Waals surface area contributed by atoms with E-state index in [0.717, 1.165) is 71.3 Å². The maximum absolute atomic E-state index is 5.60. The predicted molar refractivity (Wildman–Crippen MR) is 145 cm³/mol. The molecular formula is C28H33N7O2. The molecule has 0 amide bonds. The minimum Gasteiger partial charge on any atom is -0.497 e. The van der Waals surface area contributed by atoms with E-state index in [-0.39, 0.29) is 0 Å². The molecule has 0 aliphatic carbocycles. The van der Waals surface area contributed by atoms with Gasteiger partial charge in [0.25, 0.3) is 0 Å². The Morgan fingerprint density at radius 2 is 1.73 bits per heavy atom. The van der Waals surface area contributed by atoms with Crippen LogP contribution in [0.15, 0.2) is 55.0 Å². The van der Waals surface area contributed by atoms with Crippen LogP contribution in [0.3, 0.4) is 0 Å². The SMILES string of the molecule is COc1cc(OC)cc(N(CCN2C[C@@H]3C[C@H]2CN3C)c2ccc3ncc(-c4cnn(C)c4)nc3c2)c1. The van der Waals surface area contributed by atoms with Crippen molar-refractivity contribution in [3.8, 4) is 22.8 Å². The van der Waals surface area contributed by atoms with Gasteiger partial charge in [0.15, 0.2) is 0 Å². The van der Waals surface area contributed by atoms with Crippen LogP contribution in [0.2, 0.25) is 0 Å². The molecule has 192 valence electrons. The van der Waals surface area contributed by atoms with Crippen molar-refractivity contribution in [3.05, 3.63) is 55.0 Å². The van der Waals surface area contributed by atoms with E-state index in [1.807, 2.05) is 37.8 Å². The summed E-state index contributed by atoms with van der Waals surface area (Å²) in [4.78, 5) is 17.1. The summed E-state index contributed by atoms with van der Waals surface area (Å²) in [7, 11) is 7.52. The van der Waals surface area contributed by atoms with Gasteiger partial charge in [-0.05, 0) is 31.7 Å². The minimum atomic E-state index is 0.640. The number of fused-ring (bicyclic) bond motifs is 3. The van der Waals surface area contributed by atoms with Gasteiger partial charge in [-0.1, -0.05) is 0 Å². The summed E-state index contributed by atoms with van der Waals surface area (Å²) in [6, 6.07) is 13.6. The molecule has 4 heterocycles. The average Bonchev–Trinajstić information content (AvgIpc) is 3.63. The van der Waals surface area contributed by atoms with Crippen molar-refractivity contribution in [2.45, 2.75) is 18.5 Å². The summed E-state index contributed by atoms with van der Waals surface area (Å²) in [6.07, 6.45) is 6.85. The Balaban J connectivity index is 1.36. The van der Waals surface area contributed by atoms with E-state index in [9.17, 15) is 0 Å². The molecule has 9 heteroatoms. The van der Waals surface area contributed by atoms with E-state index in [1.54, 1.807) is 18.9 Å². The highest BCUT2D eigenvalue weighted by atomic mass is 16.5. The number of piperazine rings is 1. The Hall–Kier alpha value is -3.69. The Morgan fingerprint density at radius 1 is 0.919 bits per heavy atom. The quantitative estimate of drug-likeness (QED) is 0.364. The van der Waals surface area contributed by atoms with Crippen LogP contribution in [0.25, 0.3) is 22.3 Å². The molecule has 2 fully saturated rings. The van der Waals surface area contributed by atoms with E-state index in [4.69, 9.17) is 14.5 Å². The Labute approximate surface area is 217 Å². The summed E-state index contributed by atoms with van der Waals surface area (Å²) in [5, 5.41) is 4.28. The zero-order valence-electron chi connectivity index (χ0n) is 21.8. The first kappa shape index (κ1) is 23.7. The van der Waals surface area contributed by atoms with Gasteiger partial charge in [0, 0.05) is 86.6 Å². The first-order chi connectivity index (χ1) is 18.0. The number of benzene rings is 2. The van der Waals surface area contributed by atoms with Crippen LogP contribution in [0, 0.1) is 0 Å². The van der Waals surface area contributed by atoms with Crippen LogP contribution in [-0.4, -0.2) is 89.1 Å². The molecule has 2 bridgehead atoms. The fourth-order valence-corrected chi connectivity index (χ4v) is 5.67. The Morgan fingerprint density at radius 3 is 2.38 bits per heavy atom. The van der Waals surface area contributed by atoms with Gasteiger partial charge >= 0.3 is 0 Å². The predicted octanol–water partition coefficient (Wildman–Crippen LogP) is 3.57. The lowest BCUT2D eigenvalue weighted by molar-refractivity contribution is 0.153. The van der Waals surface area contributed by atoms with Crippen LogP contribution in [0.4, 0.5) is 11.4 Å². The largest absolute Gasteiger partial charge is 0.497 e. The molecule has 2 aromatic heterocycles. The number of hydrogen-bond donors (Lipinski definition) is 0. The zero-order valence-corrected chi connectivity index (χ0v) is 21.8. The molecule has 6 rings (SSSR count). The second-order valence-electron chi connectivity index (χ2n) is 10.0. The van der Waals surface area contributed by atoms with Crippen LogP contribution in [-0.2, 0) is 7.05 Å². The van der Waals surface area contributed by atoms with E-state index >= 15 is 0 Å². The number of anilines is 2. The number of ether oxygens (including phenoxy) is 2. The van der Waals surface area contributed by atoms with E-state index in [0.29, 0.717) is 12.1 Å². The van der Waals surface area contributed by atoms with Crippen molar-refractivity contribution in [2.24, 2.45) is 7.05 Å².